The Bertz CT molecular complexity index is 748. The van der Waals surface area contributed by atoms with Crippen LogP contribution in [-0.4, -0.2) is 24.9 Å². The first-order valence-electron chi connectivity index (χ1n) is 6.66. The molecule has 0 saturated carbocycles. The first-order valence-corrected chi connectivity index (χ1v) is 6.66. The first kappa shape index (κ1) is 15.2. The fourth-order valence-electron chi connectivity index (χ4n) is 2.06. The number of aliphatic imine (C=N–C) groups is 1. The minimum Gasteiger partial charge on any atom is -0.398 e. The standard InChI is InChI=1S/C16H18N6/c1-21-12-4-2-3-10(7-12)15(19)13-8-11(5-6-14(13)18)16(20)22-9-17/h2-9,19,21H,18H2,1H3,(H3,17,20,22). The van der Waals surface area contributed by atoms with E-state index in [1.165, 1.54) is 0 Å². The smallest absolute Gasteiger partial charge is 0.132 e. The average molecular weight is 294 g/mol. The third kappa shape index (κ3) is 3.12. The van der Waals surface area contributed by atoms with E-state index in [1.807, 2.05) is 31.3 Å². The van der Waals surface area contributed by atoms with Crippen molar-refractivity contribution in [1.82, 2.24) is 0 Å². The molecule has 2 aromatic rings. The summed E-state index contributed by atoms with van der Waals surface area (Å²) in [6.45, 7) is 0. The zero-order valence-corrected chi connectivity index (χ0v) is 12.2. The molecule has 6 nitrogen and oxygen atoms in total. The van der Waals surface area contributed by atoms with Gasteiger partial charge in [-0.15, -0.1) is 0 Å². The first-order chi connectivity index (χ1) is 10.6. The van der Waals surface area contributed by atoms with Crippen molar-refractivity contribution in [3.8, 4) is 0 Å². The fraction of sp³-hybridized carbons (Fsp3) is 0.0625. The van der Waals surface area contributed by atoms with Crippen LogP contribution in [0.15, 0.2) is 47.5 Å². The molecule has 112 valence electrons. The molecule has 0 heterocycles. The molecule has 0 radical (unpaired) electrons. The molecule has 0 saturated heterocycles. The van der Waals surface area contributed by atoms with E-state index >= 15 is 0 Å². The van der Waals surface area contributed by atoms with Crippen LogP contribution in [0, 0.1) is 10.8 Å². The quantitative estimate of drug-likeness (QED) is 0.329. The van der Waals surface area contributed by atoms with Crippen molar-refractivity contribution in [3.63, 3.8) is 0 Å². The molecule has 6 heteroatoms. The number of nitrogens with zero attached hydrogens (tertiary/aromatic N) is 1. The van der Waals surface area contributed by atoms with Crippen LogP contribution in [0.3, 0.4) is 0 Å². The third-order valence-electron chi connectivity index (χ3n) is 3.26. The summed E-state index contributed by atoms with van der Waals surface area (Å²) >= 11 is 0. The van der Waals surface area contributed by atoms with Crippen LogP contribution in [0.5, 0.6) is 0 Å². The van der Waals surface area contributed by atoms with E-state index in [1.54, 1.807) is 18.2 Å². The van der Waals surface area contributed by atoms with Gasteiger partial charge in [-0.1, -0.05) is 12.1 Å². The maximum absolute atomic E-state index is 8.39. The fourth-order valence-corrected chi connectivity index (χ4v) is 2.06. The number of benzene rings is 2. The van der Waals surface area contributed by atoms with Crippen LogP contribution >= 0.6 is 0 Å². The van der Waals surface area contributed by atoms with Crippen LogP contribution in [0.25, 0.3) is 0 Å². The van der Waals surface area contributed by atoms with Gasteiger partial charge < -0.3 is 16.8 Å². The van der Waals surface area contributed by atoms with E-state index in [0.717, 1.165) is 17.6 Å². The summed E-state index contributed by atoms with van der Waals surface area (Å²) in [6, 6.07) is 12.7. The van der Waals surface area contributed by atoms with Crippen molar-refractivity contribution in [1.29, 1.82) is 10.8 Å². The summed E-state index contributed by atoms with van der Waals surface area (Å²) < 4.78 is 0. The van der Waals surface area contributed by atoms with E-state index < -0.39 is 0 Å². The van der Waals surface area contributed by atoms with E-state index in [-0.39, 0.29) is 5.84 Å². The molecule has 2 aromatic carbocycles. The van der Waals surface area contributed by atoms with Crippen LogP contribution < -0.4 is 16.8 Å². The highest BCUT2D eigenvalue weighted by Gasteiger charge is 2.11. The number of amidine groups is 1. The summed E-state index contributed by atoms with van der Waals surface area (Å²) in [5.41, 5.74) is 15.4. The van der Waals surface area contributed by atoms with E-state index in [4.69, 9.17) is 22.3 Å². The van der Waals surface area contributed by atoms with Crippen LogP contribution in [-0.2, 0) is 0 Å². The van der Waals surface area contributed by atoms with Gasteiger partial charge in [0.05, 0.1) is 5.71 Å². The maximum Gasteiger partial charge on any atom is 0.132 e. The third-order valence-corrected chi connectivity index (χ3v) is 3.26. The molecule has 0 fully saturated rings. The lowest BCUT2D eigenvalue weighted by Crippen LogP contribution is -2.15. The van der Waals surface area contributed by atoms with Crippen molar-refractivity contribution in [3.05, 3.63) is 59.2 Å². The number of anilines is 2. The lowest BCUT2D eigenvalue weighted by molar-refractivity contribution is 1.43. The largest absolute Gasteiger partial charge is 0.398 e. The van der Waals surface area contributed by atoms with Crippen molar-refractivity contribution in [2.75, 3.05) is 18.1 Å². The second kappa shape index (κ2) is 6.53. The normalized spacial score (nSPS) is 11.0. The van der Waals surface area contributed by atoms with Gasteiger partial charge in [0.2, 0.25) is 0 Å². The molecule has 0 aliphatic rings. The Hall–Kier alpha value is -3.15. The highest BCUT2D eigenvalue weighted by Crippen LogP contribution is 2.20. The molecule has 0 atom stereocenters. The monoisotopic (exact) mass is 294 g/mol. The van der Waals surface area contributed by atoms with Gasteiger partial charge in [-0.2, -0.15) is 0 Å². The molecular weight excluding hydrogens is 276 g/mol. The lowest BCUT2D eigenvalue weighted by atomic mass is 9.98. The summed E-state index contributed by atoms with van der Waals surface area (Å²) in [5.74, 6) is 0.216. The number of hydrogen-bond acceptors (Lipinski definition) is 4. The molecule has 0 spiro atoms. The van der Waals surface area contributed by atoms with Crippen molar-refractivity contribution < 1.29 is 0 Å². The topological polar surface area (TPSA) is 124 Å². The molecule has 0 aliphatic carbocycles. The van der Waals surface area contributed by atoms with E-state index in [0.29, 0.717) is 22.5 Å². The Labute approximate surface area is 128 Å². The van der Waals surface area contributed by atoms with E-state index in [2.05, 4.69) is 10.3 Å². The predicted octanol–water partition coefficient (Wildman–Crippen LogP) is 2.04. The molecule has 0 aromatic heterocycles. The van der Waals surface area contributed by atoms with Gasteiger partial charge in [-0.05, 0) is 30.3 Å². The van der Waals surface area contributed by atoms with Crippen LogP contribution in [0.2, 0.25) is 0 Å². The van der Waals surface area contributed by atoms with Crippen molar-refractivity contribution >= 4 is 29.3 Å². The second-order valence-electron chi connectivity index (χ2n) is 4.65. The number of rotatable bonds is 5. The van der Waals surface area contributed by atoms with Crippen molar-refractivity contribution in [2.24, 2.45) is 10.7 Å². The van der Waals surface area contributed by atoms with E-state index in [9.17, 15) is 0 Å². The Morgan fingerprint density at radius 3 is 2.64 bits per heavy atom. The number of nitrogens with one attached hydrogen (secondary N) is 3. The molecule has 0 unspecified atom stereocenters. The Balaban J connectivity index is 2.46. The molecule has 0 aliphatic heterocycles. The molecule has 22 heavy (non-hydrogen) atoms. The zero-order chi connectivity index (χ0) is 16.1. The maximum atomic E-state index is 8.39. The molecule has 0 bridgehead atoms. The predicted molar refractivity (Wildman–Crippen MR) is 92.3 cm³/mol. The summed E-state index contributed by atoms with van der Waals surface area (Å²) in [6.07, 6.45) is 0.882. The second-order valence-corrected chi connectivity index (χ2v) is 4.65. The molecule has 7 N–H and O–H groups in total. The average Bonchev–Trinajstić information content (AvgIpc) is 2.55. The zero-order valence-electron chi connectivity index (χ0n) is 12.2. The van der Waals surface area contributed by atoms with Gasteiger partial charge in [0.25, 0.3) is 0 Å². The minimum atomic E-state index is 0.216. The van der Waals surface area contributed by atoms with Crippen LogP contribution in [0.4, 0.5) is 11.4 Å². The minimum absolute atomic E-state index is 0.216. The van der Waals surface area contributed by atoms with Gasteiger partial charge in [0.15, 0.2) is 0 Å². The number of hydrogen-bond donors (Lipinski definition) is 5. The van der Waals surface area contributed by atoms with Gasteiger partial charge in [0.1, 0.15) is 12.2 Å². The summed E-state index contributed by atoms with van der Waals surface area (Å²) in [7, 11) is 1.83. The molecule has 0 amide bonds. The SMILES string of the molecule is CNc1cccc(C(=N)c2cc(C(N)=NC=N)ccc2N)c1. The van der Waals surface area contributed by atoms with Crippen molar-refractivity contribution in [2.45, 2.75) is 0 Å². The highest BCUT2D eigenvalue weighted by molar-refractivity contribution is 6.15. The molecule has 2 rings (SSSR count). The lowest BCUT2D eigenvalue weighted by Gasteiger charge is -2.11. The van der Waals surface area contributed by atoms with Crippen LogP contribution in [0.1, 0.15) is 16.7 Å². The molecular formula is C16H18N6. The van der Waals surface area contributed by atoms with Gasteiger partial charge in [-0.25, -0.2) is 4.99 Å². The Morgan fingerprint density at radius 2 is 1.95 bits per heavy atom. The van der Waals surface area contributed by atoms with Gasteiger partial charge in [-0.3, -0.25) is 10.8 Å². The summed E-state index contributed by atoms with van der Waals surface area (Å²) in [5, 5.41) is 18.4. The number of nitrogen functional groups attached to an aromatic ring is 1. The van der Waals surface area contributed by atoms with Gasteiger partial charge in [0, 0.05) is 35.1 Å². The van der Waals surface area contributed by atoms with Gasteiger partial charge >= 0.3 is 0 Å². The Morgan fingerprint density at radius 1 is 1.18 bits per heavy atom. The Kier molecular flexibility index (Phi) is 4.53. The number of nitrogens with two attached hydrogens (primary N) is 2. The highest BCUT2D eigenvalue weighted by atomic mass is 14.9. The summed E-state index contributed by atoms with van der Waals surface area (Å²) in [4.78, 5) is 3.74.